The number of nitrogens with one attached hydrogen (secondary N) is 1. The molecule has 0 fully saturated rings. The first kappa shape index (κ1) is 19.0. The van der Waals surface area contributed by atoms with Crippen LogP contribution in [0.1, 0.15) is 47.1 Å². The maximum absolute atomic E-state index is 6.29. The van der Waals surface area contributed by atoms with Crippen LogP contribution in [0.2, 0.25) is 0 Å². The Bertz CT molecular complexity index is 1020. The molecule has 0 saturated heterocycles. The maximum atomic E-state index is 6.29. The minimum Gasteiger partial charge on any atom is -0.491 e. The number of allylic oxidation sites excluding steroid dienone is 2. The summed E-state index contributed by atoms with van der Waals surface area (Å²) < 4.78 is 6.29. The van der Waals surface area contributed by atoms with Crippen molar-refractivity contribution in [3.8, 4) is 5.75 Å². The van der Waals surface area contributed by atoms with Crippen molar-refractivity contribution in [2.24, 2.45) is 5.92 Å². The topological polar surface area (TPSA) is 21.3 Å². The zero-order valence-corrected chi connectivity index (χ0v) is 17.6. The summed E-state index contributed by atoms with van der Waals surface area (Å²) >= 11 is 0. The maximum Gasteiger partial charge on any atom is 0.142 e. The summed E-state index contributed by atoms with van der Waals surface area (Å²) in [7, 11) is 0. The molecule has 152 valence electrons. The third-order valence-electron chi connectivity index (χ3n) is 6.51. The molecule has 2 aliphatic rings. The Labute approximate surface area is 179 Å². The number of anilines is 1. The number of hydrogen-bond acceptors (Lipinski definition) is 2. The van der Waals surface area contributed by atoms with E-state index in [1.807, 2.05) is 0 Å². The summed E-state index contributed by atoms with van der Waals surface area (Å²) in [5.41, 5.74) is 6.59. The molecule has 2 heteroatoms. The van der Waals surface area contributed by atoms with Crippen molar-refractivity contribution in [1.29, 1.82) is 0 Å². The predicted molar refractivity (Wildman–Crippen MR) is 124 cm³/mol. The number of hydrogen-bond donors (Lipinski definition) is 1. The van der Waals surface area contributed by atoms with E-state index in [4.69, 9.17) is 4.74 Å². The Hall–Kier alpha value is -3.00. The first-order valence-corrected chi connectivity index (χ1v) is 11.1. The first-order valence-electron chi connectivity index (χ1n) is 11.1. The van der Waals surface area contributed by atoms with Crippen LogP contribution in [-0.2, 0) is 6.42 Å². The molecule has 1 aliphatic heterocycles. The average Bonchev–Trinajstić information content (AvgIpc) is 3.28. The van der Waals surface area contributed by atoms with E-state index in [0.717, 1.165) is 31.6 Å². The molecule has 0 radical (unpaired) electrons. The molecule has 1 heterocycles. The number of rotatable bonds is 6. The Morgan fingerprint density at radius 3 is 2.60 bits per heavy atom. The van der Waals surface area contributed by atoms with Crippen LogP contribution < -0.4 is 10.1 Å². The second-order valence-electron chi connectivity index (χ2n) is 8.54. The van der Waals surface area contributed by atoms with Crippen molar-refractivity contribution in [3.05, 3.63) is 107 Å². The largest absolute Gasteiger partial charge is 0.491 e. The van der Waals surface area contributed by atoms with Gasteiger partial charge in [-0.1, -0.05) is 84.4 Å². The van der Waals surface area contributed by atoms with Crippen LogP contribution in [-0.4, -0.2) is 6.61 Å². The summed E-state index contributed by atoms with van der Waals surface area (Å²) in [5, 5.41) is 3.87. The minimum atomic E-state index is 0.312. The van der Waals surface area contributed by atoms with Crippen LogP contribution in [0.4, 0.5) is 5.69 Å². The number of benzene rings is 3. The van der Waals surface area contributed by atoms with Crippen molar-refractivity contribution in [2.45, 2.75) is 38.1 Å². The molecule has 2 nitrogen and oxygen atoms in total. The smallest absolute Gasteiger partial charge is 0.142 e. The summed E-state index contributed by atoms with van der Waals surface area (Å²) in [6, 6.07) is 26.5. The predicted octanol–water partition coefficient (Wildman–Crippen LogP) is 6.83. The van der Waals surface area contributed by atoms with E-state index in [-0.39, 0.29) is 0 Å². The lowest BCUT2D eigenvalue weighted by molar-refractivity contribution is 0.309. The fourth-order valence-electron chi connectivity index (χ4n) is 4.92. The van der Waals surface area contributed by atoms with Gasteiger partial charge in [-0.2, -0.15) is 0 Å². The number of para-hydroxylation sites is 1. The number of aryl methyl sites for hydroxylation is 2. The summed E-state index contributed by atoms with van der Waals surface area (Å²) in [5.74, 6) is 2.00. The number of ether oxygens (including phenoxy) is 1. The molecular formula is C28H29NO. The highest BCUT2D eigenvalue weighted by Gasteiger charge is 2.38. The van der Waals surface area contributed by atoms with Crippen molar-refractivity contribution in [2.75, 3.05) is 11.9 Å². The number of fused-ring (bicyclic) bond motifs is 3. The molecule has 3 aromatic carbocycles. The van der Waals surface area contributed by atoms with Gasteiger partial charge in [-0.15, -0.1) is 0 Å². The van der Waals surface area contributed by atoms with E-state index in [1.165, 1.54) is 27.9 Å². The zero-order chi connectivity index (χ0) is 20.3. The quantitative estimate of drug-likeness (QED) is 0.365. The standard InChI is InChI=1S/C28H29NO/c1-20-15-17-22(18-16-20)27-24-12-5-11-23(24)25-13-6-14-26(28(25)29-27)30-19-7-10-21-8-3-2-4-9-21/h2-6,8-9,11,13-18,23-24,27,29H,7,10,12,19H2,1H3. The lowest BCUT2D eigenvalue weighted by atomic mass is 9.77. The van der Waals surface area contributed by atoms with E-state index < -0.39 is 0 Å². The fraction of sp³-hybridized carbons (Fsp3) is 0.286. The van der Waals surface area contributed by atoms with Crippen LogP contribution in [0.5, 0.6) is 5.75 Å². The van der Waals surface area contributed by atoms with Crippen LogP contribution in [0, 0.1) is 12.8 Å². The van der Waals surface area contributed by atoms with Crippen LogP contribution >= 0.6 is 0 Å². The average molecular weight is 396 g/mol. The van der Waals surface area contributed by atoms with Gasteiger partial charge < -0.3 is 10.1 Å². The molecule has 0 saturated carbocycles. The highest BCUT2D eigenvalue weighted by molar-refractivity contribution is 5.67. The van der Waals surface area contributed by atoms with Gasteiger partial charge in [0.2, 0.25) is 0 Å². The molecule has 30 heavy (non-hydrogen) atoms. The van der Waals surface area contributed by atoms with Crippen LogP contribution in [0.3, 0.4) is 0 Å². The molecule has 5 rings (SSSR count). The van der Waals surface area contributed by atoms with Gasteiger partial charge in [-0.3, -0.25) is 0 Å². The second kappa shape index (κ2) is 8.39. The lowest BCUT2D eigenvalue weighted by Gasteiger charge is -2.38. The van der Waals surface area contributed by atoms with Gasteiger partial charge in [0, 0.05) is 5.92 Å². The third kappa shape index (κ3) is 3.75. The lowest BCUT2D eigenvalue weighted by Crippen LogP contribution is -2.29. The first-order chi connectivity index (χ1) is 14.8. The van der Waals surface area contributed by atoms with Gasteiger partial charge in [0.1, 0.15) is 5.75 Å². The van der Waals surface area contributed by atoms with Crippen molar-refractivity contribution >= 4 is 5.69 Å². The monoisotopic (exact) mass is 395 g/mol. The van der Waals surface area contributed by atoms with Crippen LogP contribution in [0.25, 0.3) is 0 Å². The molecular weight excluding hydrogens is 366 g/mol. The normalized spacial score (nSPS) is 21.6. The molecule has 3 atom stereocenters. The Morgan fingerprint density at radius 2 is 1.77 bits per heavy atom. The van der Waals surface area contributed by atoms with E-state index in [9.17, 15) is 0 Å². The van der Waals surface area contributed by atoms with Crippen LogP contribution in [0.15, 0.2) is 84.9 Å². The highest BCUT2D eigenvalue weighted by Crippen LogP contribution is 2.52. The minimum absolute atomic E-state index is 0.312. The van der Waals surface area contributed by atoms with Gasteiger partial charge in [0.15, 0.2) is 0 Å². The van der Waals surface area contributed by atoms with Gasteiger partial charge in [0.05, 0.1) is 18.3 Å². The summed E-state index contributed by atoms with van der Waals surface area (Å²) in [4.78, 5) is 0. The van der Waals surface area contributed by atoms with E-state index in [0.29, 0.717) is 17.9 Å². The van der Waals surface area contributed by atoms with E-state index in [1.54, 1.807) is 0 Å². The van der Waals surface area contributed by atoms with Crippen molar-refractivity contribution in [1.82, 2.24) is 0 Å². The summed E-state index contributed by atoms with van der Waals surface area (Å²) in [6.45, 7) is 2.88. The van der Waals surface area contributed by atoms with Crippen molar-refractivity contribution in [3.63, 3.8) is 0 Å². The molecule has 1 aliphatic carbocycles. The second-order valence-corrected chi connectivity index (χ2v) is 8.54. The summed E-state index contributed by atoms with van der Waals surface area (Å²) in [6.07, 6.45) is 7.92. The van der Waals surface area contributed by atoms with Gasteiger partial charge in [-0.05, 0) is 54.9 Å². The fourth-order valence-corrected chi connectivity index (χ4v) is 4.92. The molecule has 3 aromatic rings. The van der Waals surface area contributed by atoms with Gasteiger partial charge in [0.25, 0.3) is 0 Å². The Balaban J connectivity index is 1.35. The SMILES string of the molecule is Cc1ccc(C2Nc3c(OCCCc4ccccc4)cccc3C3C=CCC32)cc1. The zero-order valence-electron chi connectivity index (χ0n) is 17.6. The third-order valence-corrected chi connectivity index (χ3v) is 6.51. The van der Waals surface area contributed by atoms with Gasteiger partial charge in [-0.25, -0.2) is 0 Å². The molecule has 0 bridgehead atoms. The van der Waals surface area contributed by atoms with Crippen molar-refractivity contribution < 1.29 is 4.74 Å². The Kier molecular flexibility index (Phi) is 5.31. The highest BCUT2D eigenvalue weighted by atomic mass is 16.5. The molecule has 0 spiro atoms. The molecule has 0 amide bonds. The molecule has 1 N–H and O–H groups in total. The van der Waals surface area contributed by atoms with E-state index in [2.05, 4.69) is 97.2 Å². The van der Waals surface area contributed by atoms with E-state index >= 15 is 0 Å². The Morgan fingerprint density at radius 1 is 0.933 bits per heavy atom. The molecule has 0 aromatic heterocycles. The molecule has 3 unspecified atom stereocenters. The van der Waals surface area contributed by atoms with Gasteiger partial charge >= 0.3 is 0 Å².